The molecule has 0 aliphatic carbocycles. The fourth-order valence-corrected chi connectivity index (χ4v) is 8.94. The molecule has 0 atom stereocenters. The molecule has 0 bridgehead atoms. The van der Waals surface area contributed by atoms with Crippen molar-refractivity contribution in [3.63, 3.8) is 0 Å². The zero-order chi connectivity index (χ0) is 33.0. The standard InChI is InChI=1S/C48H31NS/c1-2-12-32(13-3-1)34-14-10-15-36(30-34)49(37-28-29-43-41-18-5-4-16-39(41)40-17-6-7-19-42(40)46(43)31-37)35-26-24-33(25-27-35)38-21-11-22-45-44-20-8-9-23-47(44)50-48(38)45/h1-31H. The maximum absolute atomic E-state index is 2.40. The highest BCUT2D eigenvalue weighted by Crippen LogP contribution is 2.43. The highest BCUT2D eigenvalue weighted by Gasteiger charge is 2.17. The van der Waals surface area contributed by atoms with Gasteiger partial charge in [0.25, 0.3) is 0 Å². The zero-order valence-electron chi connectivity index (χ0n) is 27.3. The molecule has 50 heavy (non-hydrogen) atoms. The van der Waals surface area contributed by atoms with Crippen molar-refractivity contribution in [2.75, 3.05) is 4.90 Å². The predicted molar refractivity (Wildman–Crippen MR) is 217 cm³/mol. The predicted octanol–water partition coefficient (Wildman–Crippen LogP) is 14.3. The van der Waals surface area contributed by atoms with E-state index >= 15 is 0 Å². The Morgan fingerprint density at radius 2 is 0.840 bits per heavy atom. The summed E-state index contributed by atoms with van der Waals surface area (Å²) in [6, 6.07) is 68.7. The van der Waals surface area contributed by atoms with Gasteiger partial charge in [-0.05, 0) is 97.0 Å². The lowest BCUT2D eigenvalue weighted by atomic mass is 9.94. The van der Waals surface area contributed by atoms with Gasteiger partial charge in [-0.15, -0.1) is 11.3 Å². The van der Waals surface area contributed by atoms with Crippen LogP contribution in [-0.2, 0) is 0 Å². The van der Waals surface area contributed by atoms with Crippen molar-refractivity contribution < 1.29 is 0 Å². The Bertz CT molecular complexity index is 2830. The number of hydrogen-bond acceptors (Lipinski definition) is 2. The van der Waals surface area contributed by atoms with E-state index in [-0.39, 0.29) is 0 Å². The van der Waals surface area contributed by atoms with Crippen LogP contribution in [0.1, 0.15) is 0 Å². The minimum atomic E-state index is 1.12. The topological polar surface area (TPSA) is 3.24 Å². The third-order valence-electron chi connectivity index (χ3n) is 10.0. The van der Waals surface area contributed by atoms with E-state index in [0.29, 0.717) is 0 Å². The number of anilines is 3. The van der Waals surface area contributed by atoms with Gasteiger partial charge in [0, 0.05) is 37.2 Å². The minimum Gasteiger partial charge on any atom is -0.310 e. The Morgan fingerprint density at radius 1 is 0.300 bits per heavy atom. The van der Waals surface area contributed by atoms with Gasteiger partial charge in [0.15, 0.2) is 0 Å². The summed E-state index contributed by atoms with van der Waals surface area (Å²) in [5, 5.41) is 10.3. The van der Waals surface area contributed by atoms with Crippen molar-refractivity contribution in [3.8, 4) is 22.3 Å². The summed E-state index contributed by atoms with van der Waals surface area (Å²) in [5.41, 5.74) is 8.26. The molecule has 234 valence electrons. The molecule has 2 heteroatoms. The molecule has 1 heterocycles. The Kier molecular flexibility index (Phi) is 6.75. The van der Waals surface area contributed by atoms with Crippen LogP contribution in [-0.4, -0.2) is 0 Å². The summed E-state index contributed by atoms with van der Waals surface area (Å²) in [5.74, 6) is 0. The third-order valence-corrected chi connectivity index (χ3v) is 11.3. The van der Waals surface area contributed by atoms with Crippen molar-refractivity contribution in [2.45, 2.75) is 0 Å². The molecule has 10 rings (SSSR count). The summed E-state index contributed by atoms with van der Waals surface area (Å²) < 4.78 is 2.66. The molecule has 0 spiro atoms. The molecule has 0 saturated carbocycles. The van der Waals surface area contributed by atoms with E-state index in [9.17, 15) is 0 Å². The van der Waals surface area contributed by atoms with Crippen molar-refractivity contribution in [2.24, 2.45) is 0 Å². The molecule has 0 aliphatic heterocycles. The summed E-state index contributed by atoms with van der Waals surface area (Å²) >= 11 is 1.88. The second-order valence-corrected chi connectivity index (χ2v) is 14.0. The van der Waals surface area contributed by atoms with Gasteiger partial charge in [-0.3, -0.25) is 0 Å². The number of fused-ring (bicyclic) bond motifs is 9. The molecule has 0 fully saturated rings. The average molecular weight is 654 g/mol. The Labute approximate surface area is 294 Å². The monoisotopic (exact) mass is 653 g/mol. The molecule has 10 aromatic rings. The largest absolute Gasteiger partial charge is 0.310 e. The van der Waals surface area contributed by atoms with E-state index in [4.69, 9.17) is 0 Å². The first-order valence-corrected chi connectivity index (χ1v) is 17.9. The van der Waals surface area contributed by atoms with Crippen LogP contribution in [0.25, 0.3) is 74.7 Å². The third kappa shape index (κ3) is 4.69. The highest BCUT2D eigenvalue weighted by molar-refractivity contribution is 7.26. The van der Waals surface area contributed by atoms with Crippen LogP contribution in [0.3, 0.4) is 0 Å². The van der Waals surface area contributed by atoms with Crippen LogP contribution in [0.5, 0.6) is 0 Å². The van der Waals surface area contributed by atoms with Crippen molar-refractivity contribution in [1.82, 2.24) is 0 Å². The molecule has 0 saturated heterocycles. The zero-order valence-corrected chi connectivity index (χ0v) is 28.1. The minimum absolute atomic E-state index is 1.12. The van der Waals surface area contributed by atoms with Gasteiger partial charge in [-0.25, -0.2) is 0 Å². The number of rotatable bonds is 5. The van der Waals surface area contributed by atoms with Crippen LogP contribution in [0.2, 0.25) is 0 Å². The summed E-state index contributed by atoms with van der Waals surface area (Å²) in [7, 11) is 0. The van der Waals surface area contributed by atoms with Crippen molar-refractivity contribution >= 4 is 80.9 Å². The molecular formula is C48H31NS. The van der Waals surface area contributed by atoms with E-state index in [1.807, 2.05) is 11.3 Å². The van der Waals surface area contributed by atoms with Gasteiger partial charge in [0.05, 0.1) is 0 Å². The Balaban J connectivity index is 1.16. The molecule has 0 N–H and O–H groups in total. The number of benzene rings is 9. The van der Waals surface area contributed by atoms with E-state index in [1.54, 1.807) is 0 Å². The quantitative estimate of drug-likeness (QED) is 0.167. The first kappa shape index (κ1) is 28.8. The SMILES string of the molecule is c1ccc(-c2cccc(N(c3ccc(-c4cccc5c4sc4ccccc45)cc3)c3ccc4c5ccccc5c5ccccc5c4c3)c2)cc1. The molecule has 0 aliphatic rings. The lowest BCUT2D eigenvalue weighted by Gasteiger charge is -2.27. The number of nitrogens with zero attached hydrogens (tertiary/aromatic N) is 1. The van der Waals surface area contributed by atoms with Gasteiger partial charge in [-0.1, -0.05) is 146 Å². The second-order valence-electron chi connectivity index (χ2n) is 12.9. The average Bonchev–Trinajstić information content (AvgIpc) is 3.58. The van der Waals surface area contributed by atoms with E-state index in [0.717, 1.165) is 17.1 Å². The van der Waals surface area contributed by atoms with Gasteiger partial charge in [0.1, 0.15) is 0 Å². The van der Waals surface area contributed by atoms with Gasteiger partial charge >= 0.3 is 0 Å². The maximum atomic E-state index is 2.40. The molecule has 0 radical (unpaired) electrons. The number of thiophene rings is 1. The molecule has 1 nitrogen and oxygen atoms in total. The highest BCUT2D eigenvalue weighted by atomic mass is 32.1. The summed E-state index contributed by atoms with van der Waals surface area (Å²) in [6.07, 6.45) is 0. The smallest absolute Gasteiger partial charge is 0.0468 e. The second kappa shape index (κ2) is 11.7. The summed E-state index contributed by atoms with van der Waals surface area (Å²) in [4.78, 5) is 2.40. The lowest BCUT2D eigenvalue weighted by Crippen LogP contribution is -2.10. The fraction of sp³-hybridized carbons (Fsp3) is 0. The Morgan fingerprint density at radius 3 is 1.58 bits per heavy atom. The first-order valence-electron chi connectivity index (χ1n) is 17.1. The summed E-state index contributed by atoms with van der Waals surface area (Å²) in [6.45, 7) is 0. The van der Waals surface area contributed by atoms with E-state index in [2.05, 4.69) is 193 Å². The number of hydrogen-bond donors (Lipinski definition) is 0. The van der Waals surface area contributed by atoms with Gasteiger partial charge in [0.2, 0.25) is 0 Å². The van der Waals surface area contributed by atoms with Crippen LogP contribution in [0, 0.1) is 0 Å². The van der Waals surface area contributed by atoms with Crippen molar-refractivity contribution in [3.05, 3.63) is 188 Å². The first-order chi connectivity index (χ1) is 24.8. The van der Waals surface area contributed by atoms with Crippen LogP contribution >= 0.6 is 11.3 Å². The van der Waals surface area contributed by atoms with Gasteiger partial charge < -0.3 is 4.90 Å². The van der Waals surface area contributed by atoms with Crippen molar-refractivity contribution in [1.29, 1.82) is 0 Å². The van der Waals surface area contributed by atoms with Crippen LogP contribution < -0.4 is 4.90 Å². The molecular weight excluding hydrogens is 623 g/mol. The van der Waals surface area contributed by atoms with Crippen LogP contribution in [0.15, 0.2) is 188 Å². The van der Waals surface area contributed by atoms with Gasteiger partial charge in [-0.2, -0.15) is 0 Å². The normalized spacial score (nSPS) is 11.6. The molecule has 1 aromatic heterocycles. The molecule has 0 amide bonds. The van der Waals surface area contributed by atoms with Crippen LogP contribution in [0.4, 0.5) is 17.1 Å². The molecule has 0 unspecified atom stereocenters. The van der Waals surface area contributed by atoms with E-state index < -0.39 is 0 Å². The Hall–Kier alpha value is -6.22. The maximum Gasteiger partial charge on any atom is 0.0468 e. The van der Waals surface area contributed by atoms with E-state index in [1.165, 1.54) is 74.7 Å². The lowest BCUT2D eigenvalue weighted by molar-refractivity contribution is 1.29. The molecule has 9 aromatic carbocycles. The fourth-order valence-electron chi connectivity index (χ4n) is 7.70.